The van der Waals surface area contributed by atoms with Gasteiger partial charge in [0, 0.05) is 12.3 Å². The number of allylic oxidation sites excluding steroid dienone is 1. The van der Waals surface area contributed by atoms with Crippen LogP contribution in [0.5, 0.6) is 0 Å². The van der Waals surface area contributed by atoms with Crippen LogP contribution >= 0.6 is 0 Å². The summed E-state index contributed by atoms with van der Waals surface area (Å²) in [6, 6.07) is 5.63. The maximum absolute atomic E-state index is 12.1. The zero-order valence-corrected chi connectivity index (χ0v) is 20.2. The quantitative estimate of drug-likeness (QED) is 0.408. The van der Waals surface area contributed by atoms with Crippen molar-refractivity contribution in [2.24, 2.45) is 22.0 Å². The van der Waals surface area contributed by atoms with Gasteiger partial charge in [0.25, 0.3) is 0 Å². The standard InChI is InChI=1S/C27H38N2O4/c1-4-32-18(3)33-22-11-12-23(17(2)15-22)27(29-31)24-13-14-25(30)26(28-24)21-10-9-19-7-5-6-8-20(19)16-21/h5,7,9-10,16-18,22-23,25-27,30H,4,6,8,11-15H2,1-3H3. The van der Waals surface area contributed by atoms with Crippen LogP contribution < -0.4 is 0 Å². The minimum absolute atomic E-state index is 0.150. The van der Waals surface area contributed by atoms with Crippen molar-refractivity contribution < 1.29 is 14.6 Å². The van der Waals surface area contributed by atoms with Crippen LogP contribution in [-0.4, -0.2) is 42.0 Å². The van der Waals surface area contributed by atoms with E-state index in [9.17, 15) is 10.0 Å². The van der Waals surface area contributed by atoms with Crippen molar-refractivity contribution in [2.45, 2.75) is 96.3 Å². The van der Waals surface area contributed by atoms with Gasteiger partial charge >= 0.3 is 0 Å². The molecule has 7 atom stereocenters. The first-order valence-electron chi connectivity index (χ1n) is 12.6. The number of fused-ring (bicyclic) bond motifs is 1. The van der Waals surface area contributed by atoms with Crippen LogP contribution in [0.1, 0.15) is 82.0 Å². The number of benzene rings is 1. The molecule has 0 amide bonds. The zero-order valence-electron chi connectivity index (χ0n) is 20.2. The average molecular weight is 455 g/mol. The molecule has 33 heavy (non-hydrogen) atoms. The van der Waals surface area contributed by atoms with Gasteiger partial charge in [-0.25, -0.2) is 0 Å². The molecule has 0 spiro atoms. The molecule has 0 radical (unpaired) electrons. The first-order chi connectivity index (χ1) is 16.0. The summed E-state index contributed by atoms with van der Waals surface area (Å²) in [4.78, 5) is 17.0. The van der Waals surface area contributed by atoms with Crippen LogP contribution in [0, 0.1) is 16.7 Å². The number of nitrogens with zero attached hydrogens (tertiary/aromatic N) is 2. The maximum Gasteiger partial charge on any atom is 0.155 e. The fourth-order valence-corrected chi connectivity index (χ4v) is 5.84. The second-order valence-electron chi connectivity index (χ2n) is 9.86. The number of aryl methyl sites for hydroxylation is 1. The molecule has 0 saturated heterocycles. The predicted octanol–water partition coefficient (Wildman–Crippen LogP) is 5.62. The number of aliphatic hydroxyl groups excluding tert-OH is 1. The molecule has 1 saturated carbocycles. The summed E-state index contributed by atoms with van der Waals surface area (Å²) in [5, 5.41) is 14.4. The smallest absolute Gasteiger partial charge is 0.155 e. The Kier molecular flexibility index (Phi) is 8.10. The van der Waals surface area contributed by atoms with Crippen molar-refractivity contribution in [3.8, 4) is 0 Å². The Morgan fingerprint density at radius 1 is 1.24 bits per heavy atom. The Bertz CT molecular complexity index is 883. The monoisotopic (exact) mass is 454 g/mol. The lowest BCUT2D eigenvalue weighted by Crippen LogP contribution is -2.40. The van der Waals surface area contributed by atoms with Crippen molar-refractivity contribution in [3.63, 3.8) is 0 Å². The van der Waals surface area contributed by atoms with Gasteiger partial charge in [-0.2, -0.15) is 4.91 Å². The molecule has 1 aliphatic heterocycles. The highest BCUT2D eigenvalue weighted by atomic mass is 16.7. The molecule has 7 unspecified atom stereocenters. The maximum atomic E-state index is 12.1. The van der Waals surface area contributed by atoms with Crippen LogP contribution in [0.25, 0.3) is 6.08 Å². The van der Waals surface area contributed by atoms with Gasteiger partial charge in [-0.1, -0.05) is 42.5 Å². The van der Waals surface area contributed by atoms with E-state index in [0.717, 1.165) is 43.4 Å². The van der Waals surface area contributed by atoms with Gasteiger partial charge in [-0.3, -0.25) is 4.99 Å². The summed E-state index contributed by atoms with van der Waals surface area (Å²) >= 11 is 0. The third kappa shape index (κ3) is 5.61. The molecule has 4 rings (SSSR count). The summed E-state index contributed by atoms with van der Waals surface area (Å²) in [5.74, 6) is 0.469. The second-order valence-corrected chi connectivity index (χ2v) is 9.86. The Morgan fingerprint density at radius 2 is 2.09 bits per heavy atom. The molecule has 180 valence electrons. The van der Waals surface area contributed by atoms with Crippen molar-refractivity contribution in [1.29, 1.82) is 0 Å². The average Bonchev–Trinajstić information content (AvgIpc) is 2.81. The van der Waals surface area contributed by atoms with Crippen LogP contribution in [0.15, 0.2) is 34.4 Å². The highest BCUT2D eigenvalue weighted by Gasteiger charge is 2.39. The Hall–Kier alpha value is -1.89. The highest BCUT2D eigenvalue weighted by Crippen LogP contribution is 2.39. The van der Waals surface area contributed by atoms with Crippen molar-refractivity contribution in [2.75, 3.05) is 6.61 Å². The second kappa shape index (κ2) is 11.0. The van der Waals surface area contributed by atoms with E-state index in [4.69, 9.17) is 14.5 Å². The number of rotatable bonds is 8. The molecule has 1 aromatic rings. The van der Waals surface area contributed by atoms with Gasteiger partial charge in [0.2, 0.25) is 0 Å². The van der Waals surface area contributed by atoms with E-state index >= 15 is 0 Å². The molecule has 1 heterocycles. The highest BCUT2D eigenvalue weighted by molar-refractivity contribution is 5.91. The van der Waals surface area contributed by atoms with E-state index in [0.29, 0.717) is 25.4 Å². The summed E-state index contributed by atoms with van der Waals surface area (Å²) in [7, 11) is 0. The van der Waals surface area contributed by atoms with Crippen LogP contribution in [0.4, 0.5) is 0 Å². The number of ether oxygens (including phenoxy) is 2. The molecule has 0 bridgehead atoms. The molecule has 2 aliphatic carbocycles. The van der Waals surface area contributed by atoms with Crippen LogP contribution in [0.3, 0.4) is 0 Å². The normalized spacial score (nSPS) is 31.4. The summed E-state index contributed by atoms with van der Waals surface area (Å²) in [6.07, 6.45) is 9.77. The first-order valence-corrected chi connectivity index (χ1v) is 12.6. The molecule has 3 aliphatic rings. The van der Waals surface area contributed by atoms with Gasteiger partial charge in [0.1, 0.15) is 12.1 Å². The number of aliphatic hydroxyl groups is 1. The topological polar surface area (TPSA) is 80.5 Å². The van der Waals surface area contributed by atoms with E-state index in [1.165, 1.54) is 11.1 Å². The number of nitroso groups, excluding NO2 is 1. The summed E-state index contributed by atoms with van der Waals surface area (Å²) < 4.78 is 11.6. The first kappa shape index (κ1) is 24.2. The molecular weight excluding hydrogens is 416 g/mol. The fraction of sp³-hybridized carbons (Fsp3) is 0.667. The third-order valence-corrected chi connectivity index (χ3v) is 7.59. The largest absolute Gasteiger partial charge is 0.391 e. The number of hydrogen-bond acceptors (Lipinski definition) is 6. The molecular formula is C27H38N2O4. The molecule has 1 aromatic carbocycles. The predicted molar refractivity (Wildman–Crippen MR) is 131 cm³/mol. The molecule has 0 aromatic heterocycles. The van der Waals surface area contributed by atoms with Crippen LogP contribution in [-0.2, 0) is 15.9 Å². The van der Waals surface area contributed by atoms with Crippen molar-refractivity contribution >= 4 is 11.8 Å². The Labute approximate surface area is 197 Å². The number of aliphatic imine (C=N–C) groups is 1. The van der Waals surface area contributed by atoms with E-state index < -0.39 is 12.1 Å². The fourth-order valence-electron chi connectivity index (χ4n) is 5.84. The van der Waals surface area contributed by atoms with E-state index in [1.807, 2.05) is 13.8 Å². The lowest BCUT2D eigenvalue weighted by Gasteiger charge is -2.38. The molecule has 6 heteroatoms. The van der Waals surface area contributed by atoms with Crippen LogP contribution in [0.2, 0.25) is 0 Å². The lowest BCUT2D eigenvalue weighted by atomic mass is 9.73. The third-order valence-electron chi connectivity index (χ3n) is 7.59. The molecule has 1 fully saturated rings. The van der Waals surface area contributed by atoms with Gasteiger partial charge in [-0.05, 0) is 87.3 Å². The summed E-state index contributed by atoms with van der Waals surface area (Å²) in [5.41, 5.74) is 4.45. The molecule has 1 N–H and O–H groups in total. The molecule has 6 nitrogen and oxygen atoms in total. The van der Waals surface area contributed by atoms with E-state index in [2.05, 4.69) is 42.5 Å². The minimum Gasteiger partial charge on any atom is -0.391 e. The van der Waals surface area contributed by atoms with Crippen molar-refractivity contribution in [1.82, 2.24) is 0 Å². The Balaban J connectivity index is 1.48. The Morgan fingerprint density at radius 3 is 2.85 bits per heavy atom. The van der Waals surface area contributed by atoms with Gasteiger partial charge in [0.05, 0.1) is 12.2 Å². The van der Waals surface area contributed by atoms with Gasteiger partial charge < -0.3 is 14.6 Å². The number of hydrogen-bond donors (Lipinski definition) is 1. The van der Waals surface area contributed by atoms with Crippen molar-refractivity contribution in [3.05, 3.63) is 45.9 Å². The van der Waals surface area contributed by atoms with Gasteiger partial charge in [0.15, 0.2) is 6.29 Å². The minimum atomic E-state index is -0.528. The lowest BCUT2D eigenvalue weighted by molar-refractivity contribution is -0.169. The van der Waals surface area contributed by atoms with E-state index in [-0.39, 0.29) is 24.4 Å². The summed E-state index contributed by atoms with van der Waals surface area (Å²) in [6.45, 7) is 6.73. The SMILES string of the molecule is CCOC(C)OC1CCC(C(N=O)C2=NC(c3ccc4c(c3)CCC=C4)C(O)CC2)C(C)C1. The van der Waals surface area contributed by atoms with Gasteiger partial charge in [-0.15, -0.1) is 0 Å². The van der Waals surface area contributed by atoms with E-state index in [1.54, 1.807) is 0 Å². The zero-order chi connectivity index (χ0) is 23.4.